The smallest absolute Gasteiger partial charge is 0.223 e. The van der Waals surface area contributed by atoms with Crippen molar-refractivity contribution in [1.29, 1.82) is 10.5 Å². The molecule has 0 saturated carbocycles. The number of nitrogens with zero attached hydrogens (tertiary/aromatic N) is 6. The summed E-state index contributed by atoms with van der Waals surface area (Å²) in [5.74, 6) is 0. The second-order valence-electron chi connectivity index (χ2n) is 15.6. The molecule has 0 unspecified atom stereocenters. The molecule has 5 aromatic heterocycles. The predicted octanol–water partition coefficient (Wildman–Crippen LogP) is 9.69. The number of benzene rings is 7. The van der Waals surface area contributed by atoms with Gasteiger partial charge in [0, 0.05) is 61.3 Å². The first-order valence-electron chi connectivity index (χ1n) is 20.4. The van der Waals surface area contributed by atoms with Gasteiger partial charge in [0.1, 0.15) is 11.2 Å². The van der Waals surface area contributed by atoms with Crippen LogP contribution in [0.4, 0.5) is 0 Å². The summed E-state index contributed by atoms with van der Waals surface area (Å²) in [6.45, 7) is 0. The molecule has 12 rings (SSSR count). The third-order valence-electron chi connectivity index (χ3n) is 12.4. The molecule has 0 aliphatic heterocycles. The molecule has 12 aromatic rings. The van der Waals surface area contributed by atoms with Gasteiger partial charge in [-0.3, -0.25) is 9.97 Å². The van der Waals surface area contributed by atoms with Gasteiger partial charge in [-0.2, -0.15) is 10.5 Å². The molecular formula is C54H32N6OSi. The van der Waals surface area contributed by atoms with Gasteiger partial charge in [-0.25, -0.2) is 0 Å². The Morgan fingerprint density at radius 2 is 0.935 bits per heavy atom. The van der Waals surface area contributed by atoms with Crippen LogP contribution in [0.3, 0.4) is 0 Å². The summed E-state index contributed by atoms with van der Waals surface area (Å²) in [4.78, 5) is 10.2. The van der Waals surface area contributed by atoms with Crippen LogP contribution in [0.25, 0.3) is 76.9 Å². The average Bonchev–Trinajstić information content (AvgIpc) is 4.00. The Labute approximate surface area is 356 Å². The fourth-order valence-corrected chi connectivity index (χ4v) is 14.1. The van der Waals surface area contributed by atoms with Crippen LogP contribution >= 0.6 is 0 Å². The molecule has 0 aliphatic rings. The molecule has 0 aliphatic carbocycles. The van der Waals surface area contributed by atoms with Gasteiger partial charge in [-0.1, -0.05) is 72.8 Å². The highest BCUT2D eigenvalue weighted by Gasteiger charge is 2.44. The van der Waals surface area contributed by atoms with Crippen LogP contribution < -0.4 is 21.0 Å². The highest BCUT2D eigenvalue weighted by Crippen LogP contribution is 2.40. The molecule has 7 nitrogen and oxygen atoms in total. The molecule has 0 atom stereocenters. The van der Waals surface area contributed by atoms with Gasteiger partial charge in [-0.15, -0.1) is 0 Å². The van der Waals surface area contributed by atoms with E-state index in [2.05, 4.69) is 143 Å². The zero-order chi connectivity index (χ0) is 41.4. The minimum atomic E-state index is -3.14. The minimum absolute atomic E-state index is 0.573. The molecule has 0 amide bonds. The number of rotatable bonds is 6. The van der Waals surface area contributed by atoms with Gasteiger partial charge < -0.3 is 13.6 Å². The molecule has 0 radical (unpaired) electrons. The second kappa shape index (κ2) is 13.8. The topological polar surface area (TPSA) is 96.4 Å². The lowest BCUT2D eigenvalue weighted by molar-refractivity contribution is 0.673. The first-order valence-corrected chi connectivity index (χ1v) is 22.4. The number of hydrogen-bond donors (Lipinski definition) is 0. The normalized spacial score (nSPS) is 11.8. The predicted molar refractivity (Wildman–Crippen MR) is 251 cm³/mol. The Balaban J connectivity index is 1.06. The van der Waals surface area contributed by atoms with E-state index in [9.17, 15) is 10.5 Å². The van der Waals surface area contributed by atoms with Crippen LogP contribution in [0.1, 0.15) is 11.1 Å². The van der Waals surface area contributed by atoms with Crippen molar-refractivity contribution >= 4 is 94.6 Å². The van der Waals surface area contributed by atoms with Gasteiger partial charge in [0.2, 0.25) is 8.07 Å². The zero-order valence-corrected chi connectivity index (χ0v) is 34.1. The number of fused-ring (bicyclic) bond motifs is 10. The van der Waals surface area contributed by atoms with Crippen LogP contribution in [0.5, 0.6) is 0 Å². The summed E-state index contributed by atoms with van der Waals surface area (Å²) in [7, 11) is -3.14. The Bertz CT molecular complexity index is 3710. The Morgan fingerprint density at radius 1 is 0.435 bits per heavy atom. The average molecular weight is 809 g/mol. The minimum Gasteiger partial charge on any atom is -0.455 e. The second-order valence-corrected chi connectivity index (χ2v) is 19.3. The molecule has 7 aromatic carbocycles. The molecule has 0 saturated heterocycles. The van der Waals surface area contributed by atoms with E-state index >= 15 is 0 Å². The van der Waals surface area contributed by atoms with Crippen LogP contribution in [0.15, 0.2) is 199 Å². The number of hydrogen-bond acceptors (Lipinski definition) is 5. The van der Waals surface area contributed by atoms with Gasteiger partial charge in [0.25, 0.3) is 0 Å². The maximum absolute atomic E-state index is 9.77. The standard InChI is InChI=1S/C54H32N6OSi/c55-33-35-15-26-47-44(31-35)45-32-36(34-56)16-27-48(45)59(47)37-17-21-39(22-18-37)62(51-13-5-7-29-57-51,52-14-6-8-30-58-52)40-23-19-38(20-24-40)60-46-11-3-1-10-43(46)53-49(60)28-25-42-41-9-2-4-12-50(41)61-54(42)53/h1-32H. The van der Waals surface area contributed by atoms with E-state index < -0.39 is 8.07 Å². The fraction of sp³-hybridized carbons (Fsp3) is 0. The Kier molecular flexibility index (Phi) is 7.85. The van der Waals surface area contributed by atoms with Gasteiger partial charge >= 0.3 is 0 Å². The molecule has 288 valence electrons. The lowest BCUT2D eigenvalue weighted by Gasteiger charge is -2.32. The lowest BCUT2D eigenvalue weighted by atomic mass is 10.1. The van der Waals surface area contributed by atoms with Crippen molar-refractivity contribution in [3.05, 3.63) is 206 Å². The van der Waals surface area contributed by atoms with Crippen molar-refractivity contribution < 1.29 is 4.42 Å². The van der Waals surface area contributed by atoms with Crippen molar-refractivity contribution in [1.82, 2.24) is 19.1 Å². The highest BCUT2D eigenvalue weighted by molar-refractivity contribution is 7.19. The van der Waals surface area contributed by atoms with E-state index in [0.29, 0.717) is 11.1 Å². The van der Waals surface area contributed by atoms with Crippen molar-refractivity contribution in [2.24, 2.45) is 0 Å². The molecule has 0 spiro atoms. The van der Waals surface area contributed by atoms with E-state index in [1.54, 1.807) is 0 Å². The quantitative estimate of drug-likeness (QED) is 0.156. The first kappa shape index (κ1) is 35.4. The van der Waals surface area contributed by atoms with Crippen LogP contribution in [-0.4, -0.2) is 27.2 Å². The Morgan fingerprint density at radius 3 is 1.50 bits per heavy atom. The maximum atomic E-state index is 9.77. The SMILES string of the molecule is N#Cc1ccc2c(c1)c1cc(C#N)ccc1n2-c1ccc([Si](c2ccc(-n3c4ccccc4c4c5oc6ccccc6c5ccc43)cc2)(c2ccccn2)c2ccccn2)cc1. The number of nitriles is 2. The highest BCUT2D eigenvalue weighted by atomic mass is 28.3. The van der Waals surface area contributed by atoms with Crippen molar-refractivity contribution in [2.45, 2.75) is 0 Å². The molecule has 0 fully saturated rings. The molecule has 5 heterocycles. The summed E-state index contributed by atoms with van der Waals surface area (Å²) in [6.07, 6.45) is 3.76. The number of pyridine rings is 2. The van der Waals surface area contributed by atoms with E-state index in [-0.39, 0.29) is 0 Å². The number of furan rings is 1. The molecule has 62 heavy (non-hydrogen) atoms. The van der Waals surface area contributed by atoms with E-state index in [4.69, 9.17) is 14.4 Å². The largest absolute Gasteiger partial charge is 0.455 e. The van der Waals surface area contributed by atoms with Crippen molar-refractivity contribution in [3.63, 3.8) is 0 Å². The number of aromatic nitrogens is 4. The van der Waals surface area contributed by atoms with Crippen LogP contribution in [0, 0.1) is 22.7 Å². The fourth-order valence-electron chi connectivity index (χ4n) is 9.73. The third kappa shape index (κ3) is 5.08. The summed E-state index contributed by atoms with van der Waals surface area (Å²) in [5, 5.41) is 30.1. The van der Waals surface area contributed by atoms with Gasteiger partial charge in [-0.05, 0) is 120 Å². The van der Waals surface area contributed by atoms with E-state index in [0.717, 1.165) is 97.9 Å². The summed E-state index contributed by atoms with van der Waals surface area (Å²) in [6, 6.07) is 67.4. The van der Waals surface area contributed by atoms with Crippen molar-refractivity contribution in [3.8, 4) is 23.5 Å². The van der Waals surface area contributed by atoms with E-state index in [1.807, 2.05) is 73.1 Å². The monoisotopic (exact) mass is 808 g/mol. The zero-order valence-electron chi connectivity index (χ0n) is 33.1. The summed E-state index contributed by atoms with van der Waals surface area (Å²) >= 11 is 0. The molecule has 0 N–H and O–H groups in total. The van der Waals surface area contributed by atoms with Gasteiger partial charge in [0.05, 0.1) is 50.7 Å². The van der Waals surface area contributed by atoms with Crippen LogP contribution in [-0.2, 0) is 0 Å². The summed E-state index contributed by atoms with van der Waals surface area (Å²) in [5.41, 5.74) is 9.04. The van der Waals surface area contributed by atoms with Gasteiger partial charge in [0.15, 0.2) is 0 Å². The summed E-state index contributed by atoms with van der Waals surface area (Å²) < 4.78 is 11.1. The molecule has 0 bridgehead atoms. The molecular weight excluding hydrogens is 777 g/mol. The van der Waals surface area contributed by atoms with E-state index in [1.165, 1.54) is 0 Å². The maximum Gasteiger partial charge on any atom is 0.223 e. The first-order chi connectivity index (χ1) is 30.6. The van der Waals surface area contributed by atoms with Crippen molar-refractivity contribution in [2.75, 3.05) is 0 Å². The third-order valence-corrected chi connectivity index (χ3v) is 16.9. The lowest BCUT2D eigenvalue weighted by Crippen LogP contribution is -2.76. The molecule has 8 heteroatoms. The van der Waals surface area contributed by atoms with Crippen LogP contribution in [0.2, 0.25) is 0 Å². The number of para-hydroxylation sites is 2. The Hall–Kier alpha value is -8.56.